The summed E-state index contributed by atoms with van der Waals surface area (Å²) in [7, 11) is 0. The van der Waals surface area contributed by atoms with Crippen LogP contribution >= 0.6 is 0 Å². The van der Waals surface area contributed by atoms with Crippen molar-refractivity contribution >= 4 is 5.91 Å². The average Bonchev–Trinajstić information content (AvgIpc) is 3.15. The first kappa shape index (κ1) is 17.9. The van der Waals surface area contributed by atoms with Gasteiger partial charge in [0.05, 0.1) is 31.0 Å². The molecule has 0 fully saturated rings. The topological polar surface area (TPSA) is 67.2 Å². The van der Waals surface area contributed by atoms with E-state index in [1.807, 2.05) is 54.6 Å². The lowest BCUT2D eigenvalue weighted by Crippen LogP contribution is -2.30. The molecule has 5 heteroatoms. The maximum Gasteiger partial charge on any atom is 0.255 e. The van der Waals surface area contributed by atoms with Gasteiger partial charge in [0, 0.05) is 6.20 Å². The predicted octanol–water partition coefficient (Wildman–Crippen LogP) is 2.96. The molecule has 134 valence electrons. The van der Waals surface area contributed by atoms with Crippen LogP contribution in [-0.2, 0) is 13.0 Å². The molecule has 0 aliphatic rings. The highest BCUT2D eigenvalue weighted by molar-refractivity contribution is 5.94. The minimum atomic E-state index is -0.439. The summed E-state index contributed by atoms with van der Waals surface area (Å²) < 4.78 is 1.73. The van der Waals surface area contributed by atoms with Crippen LogP contribution in [0.4, 0.5) is 0 Å². The molecule has 0 aliphatic heterocycles. The van der Waals surface area contributed by atoms with Gasteiger partial charge in [-0.05, 0) is 23.1 Å². The van der Waals surface area contributed by atoms with Gasteiger partial charge in [-0.25, -0.2) is 0 Å². The van der Waals surface area contributed by atoms with Crippen LogP contribution in [0, 0.1) is 0 Å². The molecule has 0 saturated heterocycles. The molecule has 1 heterocycles. The van der Waals surface area contributed by atoms with E-state index in [1.165, 1.54) is 5.56 Å². The summed E-state index contributed by atoms with van der Waals surface area (Å²) in [6.07, 6.45) is 4.22. The molecule has 26 heavy (non-hydrogen) atoms. The van der Waals surface area contributed by atoms with Gasteiger partial charge in [0.1, 0.15) is 0 Å². The number of amides is 1. The van der Waals surface area contributed by atoms with E-state index in [0.717, 1.165) is 17.5 Å². The molecule has 5 nitrogen and oxygen atoms in total. The molecule has 0 bridgehead atoms. The summed E-state index contributed by atoms with van der Waals surface area (Å²) in [5.41, 5.74) is 3.70. The number of hydrogen-bond donors (Lipinski definition) is 2. The second-order valence-electron chi connectivity index (χ2n) is 6.22. The Hall–Kier alpha value is -2.92. The molecule has 3 aromatic rings. The Labute approximate surface area is 153 Å². The largest absolute Gasteiger partial charge is 0.394 e. The monoisotopic (exact) mass is 349 g/mol. The summed E-state index contributed by atoms with van der Waals surface area (Å²) in [6, 6.07) is 17.4. The van der Waals surface area contributed by atoms with Crippen molar-refractivity contribution in [3.63, 3.8) is 0 Å². The zero-order valence-corrected chi connectivity index (χ0v) is 14.8. The van der Waals surface area contributed by atoms with E-state index >= 15 is 0 Å². The summed E-state index contributed by atoms with van der Waals surface area (Å²) in [5, 5.41) is 16.8. The normalized spacial score (nSPS) is 11.9. The highest BCUT2D eigenvalue weighted by atomic mass is 16.3. The Morgan fingerprint density at radius 3 is 2.50 bits per heavy atom. The van der Waals surface area contributed by atoms with E-state index in [2.05, 4.69) is 17.3 Å². The lowest BCUT2D eigenvalue weighted by Gasteiger charge is -2.16. The third-order valence-electron chi connectivity index (χ3n) is 4.36. The van der Waals surface area contributed by atoms with Crippen molar-refractivity contribution in [3.8, 4) is 0 Å². The second kappa shape index (κ2) is 8.45. The van der Waals surface area contributed by atoms with Crippen LogP contribution < -0.4 is 5.32 Å². The van der Waals surface area contributed by atoms with Gasteiger partial charge in [-0.2, -0.15) is 5.10 Å². The number of benzene rings is 2. The minimum Gasteiger partial charge on any atom is -0.394 e. The first-order valence-electron chi connectivity index (χ1n) is 8.76. The van der Waals surface area contributed by atoms with Crippen molar-refractivity contribution in [2.75, 3.05) is 6.61 Å². The van der Waals surface area contributed by atoms with Crippen LogP contribution in [0.1, 0.15) is 40.0 Å². The van der Waals surface area contributed by atoms with Crippen LogP contribution in [0.5, 0.6) is 0 Å². The lowest BCUT2D eigenvalue weighted by atomic mass is 10.0. The van der Waals surface area contributed by atoms with Gasteiger partial charge < -0.3 is 10.4 Å². The third-order valence-corrected chi connectivity index (χ3v) is 4.36. The zero-order valence-electron chi connectivity index (χ0n) is 14.8. The smallest absolute Gasteiger partial charge is 0.255 e. The van der Waals surface area contributed by atoms with Crippen LogP contribution in [0.15, 0.2) is 67.0 Å². The summed E-state index contributed by atoms with van der Waals surface area (Å²) in [6.45, 7) is 2.54. The van der Waals surface area contributed by atoms with Crippen LogP contribution in [0.3, 0.4) is 0 Å². The number of carbonyl (C=O) groups is 1. The Balaban J connectivity index is 1.66. The molecule has 0 saturated carbocycles. The average molecular weight is 349 g/mol. The first-order valence-corrected chi connectivity index (χ1v) is 8.76. The van der Waals surface area contributed by atoms with Gasteiger partial charge in [0.2, 0.25) is 0 Å². The quantitative estimate of drug-likeness (QED) is 0.689. The van der Waals surface area contributed by atoms with Crippen molar-refractivity contribution < 1.29 is 9.90 Å². The summed E-state index contributed by atoms with van der Waals surface area (Å²) >= 11 is 0. The van der Waals surface area contributed by atoms with Crippen LogP contribution in [0.2, 0.25) is 0 Å². The second-order valence-corrected chi connectivity index (χ2v) is 6.22. The highest BCUT2D eigenvalue weighted by Gasteiger charge is 2.16. The number of hydrogen-bond acceptors (Lipinski definition) is 3. The fourth-order valence-electron chi connectivity index (χ4n) is 2.80. The van der Waals surface area contributed by atoms with Gasteiger partial charge >= 0.3 is 0 Å². The Bertz CT molecular complexity index is 841. The standard InChI is InChI=1S/C21H23N3O2/c1-2-16-8-10-18(11-9-16)20(15-25)23-21(26)19-12-22-24(14-19)13-17-6-4-3-5-7-17/h3-12,14,20,25H,2,13,15H2,1H3,(H,23,26). The number of aryl methyl sites for hydroxylation is 1. The van der Waals surface area contributed by atoms with Gasteiger partial charge in [-0.15, -0.1) is 0 Å². The van der Waals surface area contributed by atoms with Crippen molar-refractivity contribution in [3.05, 3.63) is 89.2 Å². The van der Waals surface area contributed by atoms with Gasteiger partial charge in [-0.3, -0.25) is 9.48 Å². The van der Waals surface area contributed by atoms with Crippen LogP contribution in [-0.4, -0.2) is 27.4 Å². The Morgan fingerprint density at radius 2 is 1.85 bits per heavy atom. The molecule has 3 rings (SSSR count). The van der Waals surface area contributed by atoms with Crippen LogP contribution in [0.25, 0.3) is 0 Å². The minimum absolute atomic E-state index is 0.157. The van der Waals surface area contributed by atoms with Crippen molar-refractivity contribution in [1.82, 2.24) is 15.1 Å². The fourth-order valence-corrected chi connectivity index (χ4v) is 2.80. The molecule has 1 unspecified atom stereocenters. The van der Waals surface area contributed by atoms with E-state index in [-0.39, 0.29) is 12.5 Å². The summed E-state index contributed by atoms with van der Waals surface area (Å²) in [5.74, 6) is -0.247. The maximum absolute atomic E-state index is 12.5. The van der Waals surface area contributed by atoms with Crippen molar-refractivity contribution in [2.24, 2.45) is 0 Å². The molecular formula is C21H23N3O2. The number of aromatic nitrogens is 2. The van der Waals surface area contributed by atoms with E-state index < -0.39 is 6.04 Å². The van der Waals surface area contributed by atoms with Crippen molar-refractivity contribution in [1.29, 1.82) is 0 Å². The highest BCUT2D eigenvalue weighted by Crippen LogP contribution is 2.15. The van der Waals surface area contributed by atoms with Crippen molar-refractivity contribution in [2.45, 2.75) is 25.9 Å². The first-order chi connectivity index (χ1) is 12.7. The van der Waals surface area contributed by atoms with E-state index in [4.69, 9.17) is 0 Å². The zero-order chi connectivity index (χ0) is 18.4. The number of carbonyl (C=O) groups excluding carboxylic acids is 1. The van der Waals surface area contributed by atoms with Gasteiger partial charge in [-0.1, -0.05) is 61.5 Å². The van der Waals surface area contributed by atoms with E-state index in [9.17, 15) is 9.90 Å². The SMILES string of the molecule is CCc1ccc(C(CO)NC(=O)c2cnn(Cc3ccccc3)c2)cc1. The molecule has 0 radical (unpaired) electrons. The molecule has 0 spiro atoms. The number of rotatable bonds is 7. The number of aliphatic hydroxyl groups excluding tert-OH is 1. The lowest BCUT2D eigenvalue weighted by molar-refractivity contribution is 0.0916. The molecule has 1 amide bonds. The fraction of sp³-hybridized carbons (Fsp3) is 0.238. The van der Waals surface area contributed by atoms with Gasteiger partial charge in [0.15, 0.2) is 0 Å². The number of nitrogens with zero attached hydrogens (tertiary/aromatic N) is 2. The molecule has 0 aliphatic carbocycles. The molecule has 2 aromatic carbocycles. The number of aliphatic hydroxyl groups is 1. The van der Waals surface area contributed by atoms with Gasteiger partial charge in [0.25, 0.3) is 5.91 Å². The maximum atomic E-state index is 12.5. The summed E-state index contributed by atoms with van der Waals surface area (Å²) in [4.78, 5) is 12.5. The molecule has 1 aromatic heterocycles. The molecular weight excluding hydrogens is 326 g/mol. The number of nitrogens with one attached hydrogen (secondary N) is 1. The third kappa shape index (κ3) is 4.37. The van der Waals surface area contributed by atoms with E-state index in [1.54, 1.807) is 17.1 Å². The predicted molar refractivity (Wildman–Crippen MR) is 101 cm³/mol. The molecule has 2 N–H and O–H groups in total. The molecule has 1 atom stereocenters. The van der Waals surface area contributed by atoms with E-state index in [0.29, 0.717) is 12.1 Å². The Morgan fingerprint density at radius 1 is 1.12 bits per heavy atom. The Kier molecular flexibility index (Phi) is 5.81.